The van der Waals surface area contributed by atoms with Crippen LogP contribution in [0.3, 0.4) is 0 Å². The number of amides is 1. The summed E-state index contributed by atoms with van der Waals surface area (Å²) < 4.78 is 0. The van der Waals surface area contributed by atoms with Gasteiger partial charge in [0.2, 0.25) is 0 Å². The predicted octanol–water partition coefficient (Wildman–Crippen LogP) is 4.71. The zero-order valence-electron chi connectivity index (χ0n) is 11.1. The molecule has 2 nitrogen and oxygen atoms in total. The van der Waals surface area contributed by atoms with E-state index in [0.29, 0.717) is 10.6 Å². The first kappa shape index (κ1) is 14.4. The third-order valence-electron chi connectivity index (χ3n) is 2.96. The van der Waals surface area contributed by atoms with Gasteiger partial charge in [-0.2, -0.15) is 0 Å². The Morgan fingerprint density at radius 3 is 2.35 bits per heavy atom. The molecule has 0 aliphatic heterocycles. The number of hydrogen-bond acceptors (Lipinski definition) is 1. The molecule has 0 fully saturated rings. The van der Waals surface area contributed by atoms with E-state index in [1.165, 1.54) is 5.56 Å². The molecule has 0 atom stereocenters. The third kappa shape index (κ3) is 3.97. The second kappa shape index (κ2) is 6.92. The van der Waals surface area contributed by atoms with Crippen molar-refractivity contribution in [3.05, 3.63) is 77.3 Å². The summed E-state index contributed by atoms with van der Waals surface area (Å²) in [6, 6.07) is 14.7. The van der Waals surface area contributed by atoms with Crippen LogP contribution < -0.4 is 5.32 Å². The number of anilines is 1. The molecule has 0 saturated heterocycles. The lowest BCUT2D eigenvalue weighted by Crippen LogP contribution is -2.11. The molecule has 0 aromatic heterocycles. The Hall–Kier alpha value is -2.06. The fourth-order valence-electron chi connectivity index (χ4n) is 1.83. The Morgan fingerprint density at radius 1 is 1.10 bits per heavy atom. The average Bonchev–Trinajstić information content (AvgIpc) is 2.47. The second-order valence-corrected chi connectivity index (χ2v) is 4.92. The molecule has 0 spiro atoms. The molecule has 102 valence electrons. The smallest absolute Gasteiger partial charge is 0.255 e. The molecule has 1 amide bonds. The molecule has 0 radical (unpaired) electrons. The van der Waals surface area contributed by atoms with Crippen molar-refractivity contribution in [1.29, 1.82) is 0 Å². The van der Waals surface area contributed by atoms with Crippen molar-refractivity contribution < 1.29 is 4.79 Å². The van der Waals surface area contributed by atoms with Gasteiger partial charge in [-0.1, -0.05) is 29.8 Å². The van der Waals surface area contributed by atoms with Crippen LogP contribution in [0.25, 0.3) is 0 Å². The molecule has 0 aliphatic carbocycles. The van der Waals surface area contributed by atoms with Crippen LogP contribution in [-0.4, -0.2) is 5.91 Å². The summed E-state index contributed by atoms with van der Waals surface area (Å²) >= 11 is 5.80. The van der Waals surface area contributed by atoms with Gasteiger partial charge in [-0.15, -0.1) is 6.58 Å². The van der Waals surface area contributed by atoms with Gasteiger partial charge in [0, 0.05) is 16.3 Å². The van der Waals surface area contributed by atoms with Crippen LogP contribution >= 0.6 is 11.6 Å². The summed E-state index contributed by atoms with van der Waals surface area (Å²) in [4.78, 5) is 12.0. The van der Waals surface area contributed by atoms with Crippen LogP contribution in [0, 0.1) is 0 Å². The minimum atomic E-state index is -0.138. The standard InChI is InChI=1S/C17H16ClNO/c1-2-3-4-13-5-11-16(12-6-13)19-17(20)14-7-9-15(18)10-8-14/h2,5-12H,1,3-4H2,(H,19,20). The number of rotatable bonds is 5. The Bertz CT molecular complexity index is 587. The molecule has 0 aliphatic rings. The minimum Gasteiger partial charge on any atom is -0.322 e. The van der Waals surface area contributed by atoms with Crippen molar-refractivity contribution in [3.63, 3.8) is 0 Å². The largest absolute Gasteiger partial charge is 0.322 e. The average molecular weight is 286 g/mol. The van der Waals surface area contributed by atoms with Crippen molar-refractivity contribution in [1.82, 2.24) is 0 Å². The van der Waals surface area contributed by atoms with Gasteiger partial charge in [0.1, 0.15) is 0 Å². The summed E-state index contributed by atoms with van der Waals surface area (Å²) in [5.74, 6) is -0.138. The van der Waals surface area contributed by atoms with E-state index in [-0.39, 0.29) is 5.91 Å². The van der Waals surface area contributed by atoms with E-state index in [9.17, 15) is 4.79 Å². The first-order chi connectivity index (χ1) is 9.69. The van der Waals surface area contributed by atoms with Gasteiger partial charge in [0.25, 0.3) is 5.91 Å². The monoisotopic (exact) mass is 285 g/mol. The van der Waals surface area contributed by atoms with Gasteiger partial charge in [-0.3, -0.25) is 4.79 Å². The highest BCUT2D eigenvalue weighted by atomic mass is 35.5. The predicted molar refractivity (Wildman–Crippen MR) is 84.4 cm³/mol. The summed E-state index contributed by atoms with van der Waals surface area (Å²) in [6.07, 6.45) is 3.82. The van der Waals surface area contributed by atoms with Crippen LogP contribution in [-0.2, 0) is 6.42 Å². The molecule has 0 unspecified atom stereocenters. The van der Waals surface area contributed by atoms with Gasteiger partial charge in [-0.25, -0.2) is 0 Å². The third-order valence-corrected chi connectivity index (χ3v) is 3.21. The van der Waals surface area contributed by atoms with Crippen molar-refractivity contribution in [2.45, 2.75) is 12.8 Å². The van der Waals surface area contributed by atoms with Gasteiger partial charge < -0.3 is 5.32 Å². The Kier molecular flexibility index (Phi) is 4.97. The summed E-state index contributed by atoms with van der Waals surface area (Å²) in [5.41, 5.74) is 2.60. The summed E-state index contributed by atoms with van der Waals surface area (Å²) in [6.45, 7) is 3.71. The number of allylic oxidation sites excluding steroid dienone is 1. The molecule has 3 heteroatoms. The zero-order chi connectivity index (χ0) is 14.4. The van der Waals surface area contributed by atoms with Gasteiger partial charge in [0.15, 0.2) is 0 Å². The number of hydrogen-bond donors (Lipinski definition) is 1. The quantitative estimate of drug-likeness (QED) is 0.792. The lowest BCUT2D eigenvalue weighted by Gasteiger charge is -2.06. The first-order valence-corrected chi connectivity index (χ1v) is 6.83. The van der Waals surface area contributed by atoms with Gasteiger partial charge in [0.05, 0.1) is 0 Å². The second-order valence-electron chi connectivity index (χ2n) is 4.49. The van der Waals surface area contributed by atoms with Crippen LogP contribution in [0.1, 0.15) is 22.3 Å². The normalized spacial score (nSPS) is 10.1. The van der Waals surface area contributed by atoms with E-state index >= 15 is 0 Å². The van der Waals surface area contributed by atoms with Crippen molar-refractivity contribution in [2.24, 2.45) is 0 Å². The zero-order valence-corrected chi connectivity index (χ0v) is 11.9. The molecule has 2 aromatic carbocycles. The highest BCUT2D eigenvalue weighted by Crippen LogP contribution is 2.14. The molecule has 0 saturated carbocycles. The maximum Gasteiger partial charge on any atom is 0.255 e. The fourth-order valence-corrected chi connectivity index (χ4v) is 1.95. The molecule has 20 heavy (non-hydrogen) atoms. The molecule has 0 heterocycles. The van der Waals surface area contributed by atoms with Crippen LogP contribution in [0.5, 0.6) is 0 Å². The van der Waals surface area contributed by atoms with E-state index in [0.717, 1.165) is 18.5 Å². The number of carbonyl (C=O) groups excluding carboxylic acids is 1. The van der Waals surface area contributed by atoms with Crippen molar-refractivity contribution in [3.8, 4) is 0 Å². The highest BCUT2D eigenvalue weighted by Gasteiger charge is 2.05. The number of aryl methyl sites for hydroxylation is 1. The van der Waals surface area contributed by atoms with E-state index < -0.39 is 0 Å². The Balaban J connectivity index is 2.00. The molecule has 0 bridgehead atoms. The maximum atomic E-state index is 12.0. The van der Waals surface area contributed by atoms with Crippen molar-refractivity contribution in [2.75, 3.05) is 5.32 Å². The van der Waals surface area contributed by atoms with E-state index in [1.807, 2.05) is 30.3 Å². The lowest BCUT2D eigenvalue weighted by molar-refractivity contribution is 0.102. The van der Waals surface area contributed by atoms with Crippen LogP contribution in [0.15, 0.2) is 61.2 Å². The number of halogens is 1. The molecule has 1 N–H and O–H groups in total. The number of nitrogens with one attached hydrogen (secondary N) is 1. The van der Waals surface area contributed by atoms with Crippen molar-refractivity contribution >= 4 is 23.2 Å². The summed E-state index contributed by atoms with van der Waals surface area (Å²) in [5, 5.41) is 3.48. The number of benzene rings is 2. The highest BCUT2D eigenvalue weighted by molar-refractivity contribution is 6.30. The molecular formula is C17H16ClNO. The van der Waals surface area contributed by atoms with Crippen LogP contribution in [0.4, 0.5) is 5.69 Å². The Labute approximate surface area is 124 Å². The maximum absolute atomic E-state index is 12.0. The van der Waals surface area contributed by atoms with Gasteiger partial charge >= 0.3 is 0 Å². The fraction of sp³-hybridized carbons (Fsp3) is 0.118. The molecular weight excluding hydrogens is 270 g/mol. The van der Waals surface area contributed by atoms with E-state index in [1.54, 1.807) is 24.3 Å². The Morgan fingerprint density at radius 2 is 1.75 bits per heavy atom. The topological polar surface area (TPSA) is 29.1 Å². The number of carbonyl (C=O) groups is 1. The first-order valence-electron chi connectivity index (χ1n) is 6.46. The molecule has 2 rings (SSSR count). The molecule has 2 aromatic rings. The van der Waals surface area contributed by atoms with E-state index in [4.69, 9.17) is 11.6 Å². The van der Waals surface area contributed by atoms with Crippen LogP contribution in [0.2, 0.25) is 5.02 Å². The lowest BCUT2D eigenvalue weighted by atomic mass is 10.1. The summed E-state index contributed by atoms with van der Waals surface area (Å²) in [7, 11) is 0. The van der Waals surface area contributed by atoms with Gasteiger partial charge in [-0.05, 0) is 54.8 Å². The minimum absolute atomic E-state index is 0.138. The van der Waals surface area contributed by atoms with E-state index in [2.05, 4.69) is 11.9 Å². The SMILES string of the molecule is C=CCCc1ccc(NC(=O)c2ccc(Cl)cc2)cc1.